The molecule has 2 unspecified atom stereocenters. The molecule has 2 rings (SSSR count). The molecule has 1 aliphatic rings. The van der Waals surface area contributed by atoms with Crippen molar-refractivity contribution in [2.24, 2.45) is 0 Å². The van der Waals surface area contributed by atoms with Crippen molar-refractivity contribution in [1.29, 1.82) is 0 Å². The number of ether oxygens (including phenoxy) is 1. The van der Waals surface area contributed by atoms with Gasteiger partial charge in [0.1, 0.15) is 0 Å². The van der Waals surface area contributed by atoms with E-state index in [-0.39, 0.29) is 18.1 Å². The number of amides is 1. The summed E-state index contributed by atoms with van der Waals surface area (Å²) in [5.74, 6) is 0.206. The summed E-state index contributed by atoms with van der Waals surface area (Å²) < 4.78 is 5.40. The second-order valence-electron chi connectivity index (χ2n) is 6.41. The third kappa shape index (κ3) is 5.30. The standard InChI is InChI=1S/C18H28N2O3/c1-13(2)23-12-17(21)11-19-14(3)15-6-8-16(9-7-15)20-10-4-5-18(20)22/h6-9,13-14,17,19,21H,4-5,10-12H2,1-3H3. The van der Waals surface area contributed by atoms with E-state index in [1.165, 1.54) is 0 Å². The van der Waals surface area contributed by atoms with E-state index in [2.05, 4.69) is 12.2 Å². The molecule has 1 amide bonds. The molecule has 5 heteroatoms. The molecule has 1 aliphatic heterocycles. The van der Waals surface area contributed by atoms with Gasteiger partial charge in [-0.1, -0.05) is 12.1 Å². The van der Waals surface area contributed by atoms with Crippen LogP contribution in [0.15, 0.2) is 24.3 Å². The molecular formula is C18H28N2O3. The fourth-order valence-corrected chi connectivity index (χ4v) is 2.66. The van der Waals surface area contributed by atoms with Crippen molar-refractivity contribution in [1.82, 2.24) is 5.32 Å². The first-order valence-corrected chi connectivity index (χ1v) is 8.40. The highest BCUT2D eigenvalue weighted by Crippen LogP contribution is 2.23. The van der Waals surface area contributed by atoms with E-state index in [4.69, 9.17) is 4.74 Å². The van der Waals surface area contributed by atoms with Gasteiger partial charge >= 0.3 is 0 Å². The van der Waals surface area contributed by atoms with E-state index in [0.29, 0.717) is 19.6 Å². The second-order valence-corrected chi connectivity index (χ2v) is 6.41. The van der Waals surface area contributed by atoms with Gasteiger partial charge in [-0.25, -0.2) is 0 Å². The number of benzene rings is 1. The number of hydrogen-bond acceptors (Lipinski definition) is 4. The number of rotatable bonds is 8. The Bertz CT molecular complexity index is 501. The highest BCUT2D eigenvalue weighted by molar-refractivity contribution is 5.95. The van der Waals surface area contributed by atoms with Crippen molar-refractivity contribution in [3.8, 4) is 0 Å². The van der Waals surface area contributed by atoms with Gasteiger partial charge in [-0.3, -0.25) is 4.79 Å². The molecule has 23 heavy (non-hydrogen) atoms. The van der Waals surface area contributed by atoms with Gasteiger partial charge < -0.3 is 20.1 Å². The zero-order valence-corrected chi connectivity index (χ0v) is 14.3. The lowest BCUT2D eigenvalue weighted by Gasteiger charge is -2.20. The molecular weight excluding hydrogens is 292 g/mol. The molecule has 5 nitrogen and oxygen atoms in total. The maximum absolute atomic E-state index is 11.8. The van der Waals surface area contributed by atoms with Crippen LogP contribution in [0.4, 0.5) is 5.69 Å². The van der Waals surface area contributed by atoms with Gasteiger partial charge in [0.05, 0.1) is 18.8 Å². The van der Waals surface area contributed by atoms with E-state index in [1.807, 2.05) is 43.0 Å². The van der Waals surface area contributed by atoms with Gasteiger partial charge in [-0.15, -0.1) is 0 Å². The summed E-state index contributed by atoms with van der Waals surface area (Å²) in [7, 11) is 0. The van der Waals surface area contributed by atoms with Crippen LogP contribution in [-0.2, 0) is 9.53 Å². The lowest BCUT2D eigenvalue weighted by molar-refractivity contribution is -0.117. The van der Waals surface area contributed by atoms with Crippen LogP contribution in [0.1, 0.15) is 45.2 Å². The molecule has 1 saturated heterocycles. The second kappa shape index (κ2) is 8.43. The molecule has 1 aromatic rings. The van der Waals surface area contributed by atoms with Crippen molar-refractivity contribution < 1.29 is 14.6 Å². The molecule has 1 heterocycles. The van der Waals surface area contributed by atoms with E-state index in [1.54, 1.807) is 0 Å². The smallest absolute Gasteiger partial charge is 0.227 e. The van der Waals surface area contributed by atoms with E-state index >= 15 is 0 Å². The van der Waals surface area contributed by atoms with Crippen molar-refractivity contribution in [3.63, 3.8) is 0 Å². The zero-order chi connectivity index (χ0) is 16.8. The summed E-state index contributed by atoms with van der Waals surface area (Å²) in [4.78, 5) is 13.6. The quantitative estimate of drug-likeness (QED) is 0.771. The largest absolute Gasteiger partial charge is 0.389 e. The average molecular weight is 320 g/mol. The monoisotopic (exact) mass is 320 g/mol. The van der Waals surface area contributed by atoms with Gasteiger partial charge in [0.2, 0.25) is 5.91 Å². The Balaban J connectivity index is 1.83. The molecule has 1 fully saturated rings. The Morgan fingerprint density at radius 3 is 2.52 bits per heavy atom. The fourth-order valence-electron chi connectivity index (χ4n) is 2.66. The van der Waals surface area contributed by atoms with Crippen molar-refractivity contribution in [2.45, 2.75) is 51.9 Å². The SMILES string of the molecule is CC(C)OCC(O)CNC(C)c1ccc(N2CCCC2=O)cc1. The Hall–Kier alpha value is -1.43. The van der Waals surface area contributed by atoms with Crippen LogP contribution in [-0.4, -0.2) is 42.9 Å². The number of aliphatic hydroxyl groups excluding tert-OH is 1. The van der Waals surface area contributed by atoms with Crippen molar-refractivity contribution >= 4 is 11.6 Å². The molecule has 1 aromatic carbocycles. The summed E-state index contributed by atoms with van der Waals surface area (Å²) in [6.07, 6.45) is 1.20. The highest BCUT2D eigenvalue weighted by atomic mass is 16.5. The first-order chi connectivity index (χ1) is 11.0. The maximum atomic E-state index is 11.8. The molecule has 2 atom stereocenters. The zero-order valence-electron chi connectivity index (χ0n) is 14.3. The molecule has 0 bridgehead atoms. The lowest BCUT2D eigenvalue weighted by Crippen LogP contribution is -2.32. The average Bonchev–Trinajstić information content (AvgIpc) is 2.96. The summed E-state index contributed by atoms with van der Waals surface area (Å²) in [6, 6.07) is 8.20. The van der Waals surface area contributed by atoms with Crippen LogP contribution in [0.2, 0.25) is 0 Å². The number of nitrogens with zero attached hydrogens (tertiary/aromatic N) is 1. The minimum absolute atomic E-state index is 0.128. The Labute approximate surface area is 138 Å². The summed E-state index contributed by atoms with van der Waals surface area (Å²) in [5, 5.41) is 13.2. The van der Waals surface area contributed by atoms with Crippen LogP contribution >= 0.6 is 0 Å². The normalized spacial score (nSPS) is 17.8. The fraction of sp³-hybridized carbons (Fsp3) is 0.611. The van der Waals surface area contributed by atoms with Crippen LogP contribution in [0.25, 0.3) is 0 Å². The van der Waals surface area contributed by atoms with Gasteiger partial charge in [0, 0.05) is 31.2 Å². The molecule has 0 spiro atoms. The maximum Gasteiger partial charge on any atom is 0.227 e. The van der Waals surface area contributed by atoms with Crippen LogP contribution in [0, 0.1) is 0 Å². The summed E-state index contributed by atoms with van der Waals surface area (Å²) in [5.41, 5.74) is 2.10. The van der Waals surface area contributed by atoms with Crippen molar-refractivity contribution in [3.05, 3.63) is 29.8 Å². The van der Waals surface area contributed by atoms with E-state index in [9.17, 15) is 9.90 Å². The van der Waals surface area contributed by atoms with Gasteiger partial charge in [0.15, 0.2) is 0 Å². The van der Waals surface area contributed by atoms with Crippen LogP contribution in [0.3, 0.4) is 0 Å². The van der Waals surface area contributed by atoms with Gasteiger partial charge in [-0.05, 0) is 44.9 Å². The van der Waals surface area contributed by atoms with Crippen LogP contribution in [0.5, 0.6) is 0 Å². The van der Waals surface area contributed by atoms with E-state index in [0.717, 1.165) is 24.2 Å². The minimum Gasteiger partial charge on any atom is -0.389 e. The van der Waals surface area contributed by atoms with Crippen molar-refractivity contribution in [2.75, 3.05) is 24.6 Å². The molecule has 0 aromatic heterocycles. The molecule has 2 N–H and O–H groups in total. The third-order valence-electron chi connectivity index (χ3n) is 4.06. The Morgan fingerprint density at radius 2 is 1.96 bits per heavy atom. The molecule has 0 aliphatic carbocycles. The number of carbonyl (C=O) groups is 1. The third-order valence-corrected chi connectivity index (χ3v) is 4.06. The molecule has 0 saturated carbocycles. The summed E-state index contributed by atoms with van der Waals surface area (Å²) in [6.45, 7) is 7.61. The number of anilines is 1. The topological polar surface area (TPSA) is 61.8 Å². The number of hydrogen-bond donors (Lipinski definition) is 2. The van der Waals surface area contributed by atoms with E-state index < -0.39 is 6.10 Å². The number of carbonyl (C=O) groups excluding carboxylic acids is 1. The lowest BCUT2D eigenvalue weighted by atomic mass is 10.1. The molecule has 128 valence electrons. The predicted octanol–water partition coefficient (Wildman–Crippen LogP) is 2.25. The minimum atomic E-state index is -0.513. The van der Waals surface area contributed by atoms with Gasteiger partial charge in [-0.2, -0.15) is 0 Å². The molecule has 0 radical (unpaired) electrons. The first kappa shape index (κ1) is 17.9. The Kier molecular flexibility index (Phi) is 6.57. The highest BCUT2D eigenvalue weighted by Gasteiger charge is 2.21. The van der Waals surface area contributed by atoms with Crippen LogP contribution < -0.4 is 10.2 Å². The summed E-state index contributed by atoms with van der Waals surface area (Å²) >= 11 is 0. The number of aliphatic hydroxyl groups is 1. The Morgan fingerprint density at radius 1 is 1.26 bits per heavy atom. The van der Waals surface area contributed by atoms with Gasteiger partial charge in [0.25, 0.3) is 0 Å². The first-order valence-electron chi connectivity index (χ1n) is 8.40. The predicted molar refractivity (Wildman–Crippen MR) is 91.5 cm³/mol. The number of nitrogens with one attached hydrogen (secondary N) is 1.